The minimum absolute atomic E-state index is 0.00181. The number of esters is 1. The van der Waals surface area contributed by atoms with Crippen LogP contribution in [0.2, 0.25) is 0 Å². The van der Waals surface area contributed by atoms with E-state index in [4.69, 9.17) is 24.7 Å². The van der Waals surface area contributed by atoms with Gasteiger partial charge >= 0.3 is 5.97 Å². The Morgan fingerprint density at radius 2 is 1.71 bits per heavy atom. The molecule has 0 amide bonds. The van der Waals surface area contributed by atoms with Gasteiger partial charge < -0.3 is 19.1 Å². The predicted molar refractivity (Wildman–Crippen MR) is 88.6 cm³/mol. The van der Waals surface area contributed by atoms with Crippen LogP contribution in [0.15, 0.2) is 23.9 Å². The summed E-state index contributed by atoms with van der Waals surface area (Å²) in [5.41, 5.74) is -0.00181. The maximum absolute atomic E-state index is 11.6. The Labute approximate surface area is 143 Å². The number of hydrogen-bond donors (Lipinski definition) is 0. The summed E-state index contributed by atoms with van der Waals surface area (Å²) in [4.78, 5) is 13.2. The van der Waals surface area contributed by atoms with Crippen molar-refractivity contribution in [2.24, 2.45) is 0 Å². The highest BCUT2D eigenvalue weighted by atomic mass is 16.6. The molecule has 7 nitrogen and oxygen atoms in total. The molecule has 0 heterocycles. The highest BCUT2D eigenvalue weighted by Crippen LogP contribution is 1.93. The molecule has 0 saturated heterocycles. The van der Waals surface area contributed by atoms with E-state index in [0.29, 0.717) is 19.8 Å². The number of ether oxygens (including phenoxy) is 3. The van der Waals surface area contributed by atoms with Gasteiger partial charge in [-0.3, -0.25) is 4.79 Å². The van der Waals surface area contributed by atoms with Crippen LogP contribution in [0.4, 0.5) is 0 Å². The number of nitrogens with zero attached hydrogens (tertiary/aromatic N) is 3. The third-order valence-corrected chi connectivity index (χ3v) is 2.73. The summed E-state index contributed by atoms with van der Waals surface area (Å²) in [6.45, 7) is 4.47. The first-order valence-corrected chi connectivity index (χ1v) is 7.84. The number of allylic oxidation sites excluding steroid dienone is 3. The quantitative estimate of drug-likeness (QED) is 0.219. The fourth-order valence-electron chi connectivity index (χ4n) is 1.47. The molecule has 0 aliphatic heterocycles. The SMILES string of the molecule is CCCCOCCOCCOC(=O)CN(C)/C=C/C=C(C#N)C#N. The first-order valence-electron chi connectivity index (χ1n) is 7.84. The molecule has 0 N–H and O–H groups in total. The summed E-state index contributed by atoms with van der Waals surface area (Å²) in [5.74, 6) is -0.380. The van der Waals surface area contributed by atoms with Crippen LogP contribution < -0.4 is 0 Å². The normalized spacial score (nSPS) is 10.0. The number of carbonyl (C=O) groups excluding carboxylic acids is 1. The van der Waals surface area contributed by atoms with Crippen molar-refractivity contribution in [1.82, 2.24) is 4.90 Å². The highest BCUT2D eigenvalue weighted by molar-refractivity contribution is 5.71. The molecule has 0 aromatic rings. The molecule has 0 aliphatic rings. The van der Waals surface area contributed by atoms with Gasteiger partial charge in [-0.05, 0) is 24.8 Å². The lowest BCUT2D eigenvalue weighted by molar-refractivity contribution is -0.145. The second kappa shape index (κ2) is 15.5. The van der Waals surface area contributed by atoms with Gasteiger partial charge in [0.05, 0.1) is 19.8 Å². The Hall–Kier alpha value is -2.35. The van der Waals surface area contributed by atoms with Crippen molar-refractivity contribution in [2.45, 2.75) is 19.8 Å². The fraction of sp³-hybridized carbons (Fsp3) is 0.588. The largest absolute Gasteiger partial charge is 0.462 e. The van der Waals surface area contributed by atoms with Gasteiger partial charge in [0.15, 0.2) is 0 Å². The van der Waals surface area contributed by atoms with Crippen LogP contribution in [-0.4, -0.2) is 57.5 Å². The maximum Gasteiger partial charge on any atom is 0.325 e. The van der Waals surface area contributed by atoms with Gasteiger partial charge in [0.1, 0.15) is 30.9 Å². The number of carbonyl (C=O) groups is 1. The standard InChI is InChI=1S/C17H25N3O4/c1-3-4-8-22-9-10-23-11-12-24-17(21)15-20(2)7-5-6-16(13-18)14-19/h5-7H,3-4,8-12,15H2,1-2H3/b7-5+. The zero-order valence-electron chi connectivity index (χ0n) is 14.4. The lowest BCUT2D eigenvalue weighted by atomic mass is 10.3. The van der Waals surface area contributed by atoms with E-state index in [9.17, 15) is 4.79 Å². The average Bonchev–Trinajstić information content (AvgIpc) is 2.57. The Morgan fingerprint density at radius 3 is 2.33 bits per heavy atom. The zero-order chi connectivity index (χ0) is 18.0. The molecule has 24 heavy (non-hydrogen) atoms. The zero-order valence-corrected chi connectivity index (χ0v) is 14.4. The van der Waals surface area contributed by atoms with Crippen molar-refractivity contribution < 1.29 is 19.0 Å². The predicted octanol–water partition coefficient (Wildman–Crippen LogP) is 1.78. The molecule has 0 spiro atoms. The number of nitriles is 2. The maximum atomic E-state index is 11.6. The Bertz CT molecular complexity index is 473. The average molecular weight is 335 g/mol. The van der Waals surface area contributed by atoms with Crippen LogP contribution in [0.1, 0.15) is 19.8 Å². The number of hydrogen-bond acceptors (Lipinski definition) is 7. The Kier molecular flexibility index (Phi) is 14.0. The van der Waals surface area contributed by atoms with Crippen LogP contribution in [0.3, 0.4) is 0 Å². The molecule has 0 aliphatic carbocycles. The van der Waals surface area contributed by atoms with Crippen LogP contribution in [-0.2, 0) is 19.0 Å². The minimum Gasteiger partial charge on any atom is -0.462 e. The number of rotatable bonds is 13. The van der Waals surface area contributed by atoms with E-state index in [1.807, 2.05) is 0 Å². The number of unbranched alkanes of at least 4 members (excludes halogenated alkanes) is 1. The van der Waals surface area contributed by atoms with Crippen molar-refractivity contribution in [3.8, 4) is 12.1 Å². The van der Waals surface area contributed by atoms with Crippen molar-refractivity contribution in [3.05, 3.63) is 23.9 Å². The molecule has 0 bridgehead atoms. The molecule has 7 heteroatoms. The molecule has 0 unspecified atom stereocenters. The van der Waals surface area contributed by atoms with E-state index in [-0.39, 0.29) is 24.7 Å². The monoisotopic (exact) mass is 335 g/mol. The van der Waals surface area contributed by atoms with Crippen molar-refractivity contribution in [2.75, 3.05) is 46.6 Å². The van der Waals surface area contributed by atoms with Gasteiger partial charge in [0.25, 0.3) is 0 Å². The molecule has 0 radical (unpaired) electrons. The van der Waals surface area contributed by atoms with Gasteiger partial charge in [-0.1, -0.05) is 13.3 Å². The molecule has 0 aromatic heterocycles. The summed E-state index contributed by atoms with van der Waals surface area (Å²) in [6, 6.07) is 3.48. The van der Waals surface area contributed by atoms with Gasteiger partial charge in [0, 0.05) is 13.7 Å². The molecule has 0 fully saturated rings. The van der Waals surface area contributed by atoms with Gasteiger partial charge in [0.2, 0.25) is 0 Å². The first-order chi connectivity index (χ1) is 11.6. The first kappa shape index (κ1) is 21.6. The second-order valence-corrected chi connectivity index (χ2v) is 4.86. The van der Waals surface area contributed by atoms with E-state index in [0.717, 1.165) is 19.4 Å². The summed E-state index contributed by atoms with van der Waals surface area (Å²) in [5, 5.41) is 17.1. The lowest BCUT2D eigenvalue weighted by Crippen LogP contribution is -2.24. The van der Waals surface area contributed by atoms with E-state index in [1.54, 1.807) is 30.3 Å². The van der Waals surface area contributed by atoms with Gasteiger partial charge in [-0.2, -0.15) is 10.5 Å². The van der Waals surface area contributed by atoms with Crippen LogP contribution in [0.25, 0.3) is 0 Å². The molecule has 0 rings (SSSR count). The van der Waals surface area contributed by atoms with E-state index < -0.39 is 0 Å². The fourth-order valence-corrected chi connectivity index (χ4v) is 1.47. The highest BCUT2D eigenvalue weighted by Gasteiger charge is 2.04. The topological polar surface area (TPSA) is 95.6 Å². The van der Waals surface area contributed by atoms with Crippen molar-refractivity contribution in [3.63, 3.8) is 0 Å². The smallest absolute Gasteiger partial charge is 0.325 e. The minimum atomic E-state index is -0.380. The Morgan fingerprint density at radius 1 is 1.08 bits per heavy atom. The molecule has 0 aromatic carbocycles. The van der Waals surface area contributed by atoms with Crippen LogP contribution in [0, 0.1) is 22.7 Å². The molecule has 0 atom stereocenters. The summed E-state index contributed by atoms with van der Waals surface area (Å²) in [6.07, 6.45) is 6.63. The molecule has 0 saturated carbocycles. The summed E-state index contributed by atoms with van der Waals surface area (Å²) >= 11 is 0. The Balaban J connectivity index is 3.69. The summed E-state index contributed by atoms with van der Waals surface area (Å²) < 4.78 is 15.6. The lowest BCUT2D eigenvalue weighted by Gasteiger charge is -2.12. The molecular weight excluding hydrogens is 310 g/mol. The van der Waals surface area contributed by atoms with Gasteiger partial charge in [-0.15, -0.1) is 0 Å². The second-order valence-electron chi connectivity index (χ2n) is 4.86. The van der Waals surface area contributed by atoms with E-state index in [2.05, 4.69) is 6.92 Å². The van der Waals surface area contributed by atoms with Crippen LogP contribution >= 0.6 is 0 Å². The van der Waals surface area contributed by atoms with Gasteiger partial charge in [-0.25, -0.2) is 0 Å². The molecular formula is C17H25N3O4. The summed E-state index contributed by atoms with van der Waals surface area (Å²) in [7, 11) is 1.69. The number of likely N-dealkylation sites (N-methyl/N-ethyl adjacent to an activating group) is 1. The van der Waals surface area contributed by atoms with Crippen LogP contribution in [0.5, 0.6) is 0 Å². The third-order valence-electron chi connectivity index (χ3n) is 2.73. The van der Waals surface area contributed by atoms with E-state index in [1.165, 1.54) is 12.2 Å². The molecule has 132 valence electrons. The van der Waals surface area contributed by atoms with E-state index >= 15 is 0 Å². The van der Waals surface area contributed by atoms with Crippen molar-refractivity contribution >= 4 is 5.97 Å². The third kappa shape index (κ3) is 13.3. The van der Waals surface area contributed by atoms with Crippen molar-refractivity contribution in [1.29, 1.82) is 10.5 Å².